The van der Waals surface area contributed by atoms with Crippen molar-refractivity contribution in [1.82, 2.24) is 4.90 Å². The van der Waals surface area contributed by atoms with Crippen molar-refractivity contribution in [2.45, 2.75) is 34.8 Å². The molecule has 0 bridgehead atoms. The van der Waals surface area contributed by atoms with Crippen LogP contribution in [-0.2, 0) is 9.84 Å². The number of thioether (sulfide) groups is 1. The molecule has 1 aliphatic heterocycles. The smallest absolute Gasteiger partial charge is 0.255 e. The molecule has 3 rings (SSSR count). The molecule has 1 saturated heterocycles. The van der Waals surface area contributed by atoms with E-state index in [0.717, 1.165) is 22.8 Å². The third kappa shape index (κ3) is 4.35. The van der Waals surface area contributed by atoms with Crippen LogP contribution in [0.4, 0.5) is 4.39 Å². The van der Waals surface area contributed by atoms with Gasteiger partial charge in [0.05, 0.1) is 15.7 Å². The van der Waals surface area contributed by atoms with Gasteiger partial charge in [-0.25, -0.2) is 12.8 Å². The fraction of sp³-hybridized carbons (Fsp3) is 0.350. The molecular weight excluding hydrogens is 385 g/mol. The van der Waals surface area contributed by atoms with E-state index >= 15 is 0 Å². The molecule has 0 N–H and O–H groups in total. The van der Waals surface area contributed by atoms with Crippen LogP contribution < -0.4 is 0 Å². The third-order valence-corrected chi connectivity index (χ3v) is 7.81. The molecule has 0 saturated carbocycles. The van der Waals surface area contributed by atoms with Crippen molar-refractivity contribution < 1.29 is 17.6 Å². The Morgan fingerprint density at radius 1 is 1.19 bits per heavy atom. The van der Waals surface area contributed by atoms with Gasteiger partial charge in [0.15, 0.2) is 9.84 Å². The number of carbonyl (C=O) groups excluding carboxylic acids is 1. The maximum Gasteiger partial charge on any atom is 0.255 e. The molecule has 0 aromatic heterocycles. The van der Waals surface area contributed by atoms with Crippen LogP contribution in [0.1, 0.15) is 30.1 Å². The monoisotopic (exact) mass is 407 g/mol. The van der Waals surface area contributed by atoms with Crippen molar-refractivity contribution >= 4 is 27.5 Å². The molecule has 7 heteroatoms. The maximum absolute atomic E-state index is 13.1. The number of rotatable bonds is 5. The maximum atomic E-state index is 13.1. The number of halogens is 1. The minimum Gasteiger partial charge on any atom is -0.337 e. The van der Waals surface area contributed by atoms with E-state index < -0.39 is 20.9 Å². The number of nitrogens with zero attached hydrogens (tertiary/aromatic N) is 1. The van der Waals surface area contributed by atoms with E-state index in [0.29, 0.717) is 24.9 Å². The normalized spacial score (nSPS) is 17.7. The second-order valence-electron chi connectivity index (χ2n) is 6.44. The fourth-order valence-corrected chi connectivity index (χ4v) is 5.84. The van der Waals surface area contributed by atoms with Crippen molar-refractivity contribution in [2.75, 3.05) is 18.8 Å². The molecule has 1 unspecified atom stereocenters. The number of amides is 1. The van der Waals surface area contributed by atoms with Gasteiger partial charge < -0.3 is 4.90 Å². The Morgan fingerprint density at radius 3 is 2.59 bits per heavy atom. The lowest BCUT2D eigenvalue weighted by molar-refractivity contribution is 0.0723. The minimum absolute atomic E-state index is 0.102. The summed E-state index contributed by atoms with van der Waals surface area (Å²) in [6.07, 6.45) is 1.12. The van der Waals surface area contributed by atoms with Gasteiger partial charge in [0, 0.05) is 18.0 Å². The molecule has 1 amide bonds. The fourth-order valence-electron chi connectivity index (χ4n) is 3.29. The zero-order valence-electron chi connectivity index (χ0n) is 15.1. The van der Waals surface area contributed by atoms with E-state index in [1.165, 1.54) is 12.1 Å². The largest absolute Gasteiger partial charge is 0.337 e. The SMILES string of the molecule is CCSc1ccccc1C(=O)N1CCCC(S(=O)(=O)c2ccc(F)cc2)C1. The summed E-state index contributed by atoms with van der Waals surface area (Å²) in [5.41, 5.74) is 0.615. The number of carbonyl (C=O) groups is 1. The summed E-state index contributed by atoms with van der Waals surface area (Å²) in [6.45, 7) is 2.72. The summed E-state index contributed by atoms with van der Waals surface area (Å²) < 4.78 is 38.9. The lowest BCUT2D eigenvalue weighted by Crippen LogP contribution is -2.45. The van der Waals surface area contributed by atoms with E-state index in [-0.39, 0.29) is 17.3 Å². The molecule has 1 heterocycles. The Labute approximate surface area is 163 Å². The van der Waals surface area contributed by atoms with Crippen LogP contribution in [0.15, 0.2) is 58.3 Å². The third-order valence-electron chi connectivity index (χ3n) is 4.66. The molecule has 0 aliphatic carbocycles. The number of piperidine rings is 1. The van der Waals surface area contributed by atoms with E-state index in [9.17, 15) is 17.6 Å². The summed E-state index contributed by atoms with van der Waals surface area (Å²) >= 11 is 1.60. The quantitative estimate of drug-likeness (QED) is 0.555. The van der Waals surface area contributed by atoms with Gasteiger partial charge in [0.25, 0.3) is 5.91 Å². The van der Waals surface area contributed by atoms with E-state index in [1.54, 1.807) is 22.7 Å². The first-order chi connectivity index (χ1) is 12.9. The van der Waals surface area contributed by atoms with Crippen LogP contribution in [-0.4, -0.2) is 43.3 Å². The summed E-state index contributed by atoms with van der Waals surface area (Å²) in [6, 6.07) is 12.3. The minimum atomic E-state index is -3.61. The van der Waals surface area contributed by atoms with Crippen LogP contribution in [0.3, 0.4) is 0 Å². The molecule has 0 radical (unpaired) electrons. The van der Waals surface area contributed by atoms with Crippen molar-refractivity contribution in [3.63, 3.8) is 0 Å². The number of sulfone groups is 1. The Kier molecular flexibility index (Phi) is 6.22. The number of hydrogen-bond acceptors (Lipinski definition) is 4. The highest BCUT2D eigenvalue weighted by molar-refractivity contribution is 7.99. The number of benzene rings is 2. The average Bonchev–Trinajstić information content (AvgIpc) is 2.68. The predicted octanol–water partition coefficient (Wildman–Crippen LogP) is 4.02. The standard InChI is InChI=1S/C20H22FNO3S2/c1-2-26-19-8-4-3-7-18(19)20(23)22-13-5-6-17(14-22)27(24,25)16-11-9-15(21)10-12-16/h3-4,7-12,17H,2,5-6,13-14H2,1H3. The molecule has 0 spiro atoms. The average molecular weight is 408 g/mol. The van der Waals surface area contributed by atoms with Gasteiger partial charge in [0.2, 0.25) is 0 Å². The van der Waals surface area contributed by atoms with E-state index in [1.807, 2.05) is 25.1 Å². The zero-order chi connectivity index (χ0) is 19.4. The summed E-state index contributed by atoms with van der Waals surface area (Å²) in [4.78, 5) is 15.7. The highest BCUT2D eigenvalue weighted by atomic mass is 32.2. The predicted molar refractivity (Wildman–Crippen MR) is 105 cm³/mol. The van der Waals surface area contributed by atoms with Gasteiger partial charge in [-0.3, -0.25) is 4.79 Å². The first-order valence-electron chi connectivity index (χ1n) is 8.94. The topological polar surface area (TPSA) is 54.5 Å². The van der Waals surface area contributed by atoms with E-state index in [2.05, 4.69) is 0 Å². The lowest BCUT2D eigenvalue weighted by Gasteiger charge is -2.33. The van der Waals surface area contributed by atoms with Crippen molar-refractivity contribution in [3.8, 4) is 0 Å². The second kappa shape index (κ2) is 8.44. The van der Waals surface area contributed by atoms with Crippen LogP contribution in [0.2, 0.25) is 0 Å². The van der Waals surface area contributed by atoms with Gasteiger partial charge in [-0.2, -0.15) is 0 Å². The Bertz CT molecular complexity index is 913. The first-order valence-corrected chi connectivity index (χ1v) is 11.5. The van der Waals surface area contributed by atoms with Crippen molar-refractivity contribution in [3.05, 3.63) is 59.9 Å². The molecule has 27 heavy (non-hydrogen) atoms. The Morgan fingerprint density at radius 2 is 1.89 bits per heavy atom. The Hall–Kier alpha value is -1.86. The molecule has 1 fully saturated rings. The van der Waals surface area contributed by atoms with Crippen LogP contribution >= 0.6 is 11.8 Å². The molecule has 2 aromatic carbocycles. The number of hydrogen-bond donors (Lipinski definition) is 0. The molecule has 1 aliphatic rings. The van der Waals surface area contributed by atoms with E-state index in [4.69, 9.17) is 0 Å². The highest BCUT2D eigenvalue weighted by Crippen LogP contribution is 2.28. The molecule has 2 aromatic rings. The second-order valence-corrected chi connectivity index (χ2v) is 9.98. The van der Waals surface area contributed by atoms with Gasteiger partial charge in [-0.15, -0.1) is 11.8 Å². The van der Waals surface area contributed by atoms with Crippen molar-refractivity contribution in [1.29, 1.82) is 0 Å². The lowest BCUT2D eigenvalue weighted by atomic mass is 10.1. The summed E-state index contributed by atoms with van der Waals surface area (Å²) in [7, 11) is -3.61. The molecule has 1 atom stereocenters. The molecule has 144 valence electrons. The summed E-state index contributed by atoms with van der Waals surface area (Å²) in [5, 5.41) is -0.674. The van der Waals surface area contributed by atoms with Gasteiger partial charge in [-0.05, 0) is 55.0 Å². The van der Waals surface area contributed by atoms with Crippen LogP contribution in [0.25, 0.3) is 0 Å². The Balaban J connectivity index is 1.82. The number of likely N-dealkylation sites (tertiary alicyclic amines) is 1. The van der Waals surface area contributed by atoms with Crippen LogP contribution in [0, 0.1) is 5.82 Å². The zero-order valence-corrected chi connectivity index (χ0v) is 16.7. The highest BCUT2D eigenvalue weighted by Gasteiger charge is 2.34. The van der Waals surface area contributed by atoms with Gasteiger partial charge in [-0.1, -0.05) is 19.1 Å². The van der Waals surface area contributed by atoms with Crippen molar-refractivity contribution in [2.24, 2.45) is 0 Å². The first kappa shape index (κ1) is 19.9. The van der Waals surface area contributed by atoms with Gasteiger partial charge >= 0.3 is 0 Å². The molecular formula is C20H22FNO3S2. The van der Waals surface area contributed by atoms with Gasteiger partial charge in [0.1, 0.15) is 5.82 Å². The molecule has 4 nitrogen and oxygen atoms in total. The summed E-state index contributed by atoms with van der Waals surface area (Å²) in [5.74, 6) is 0.247. The van der Waals surface area contributed by atoms with Crippen LogP contribution in [0.5, 0.6) is 0 Å².